The number of amides is 1. The van der Waals surface area contributed by atoms with Crippen LogP contribution in [0.15, 0.2) is 12.1 Å². The summed E-state index contributed by atoms with van der Waals surface area (Å²) in [4.78, 5) is 14.1. The summed E-state index contributed by atoms with van der Waals surface area (Å²) in [5, 5.41) is 0. The molecule has 0 atom stereocenters. The van der Waals surface area contributed by atoms with Gasteiger partial charge in [-0.1, -0.05) is 11.6 Å². The fourth-order valence-corrected chi connectivity index (χ4v) is 2.23. The molecule has 2 N–H and O–H groups in total. The van der Waals surface area contributed by atoms with Crippen molar-refractivity contribution in [2.24, 2.45) is 5.73 Å². The Morgan fingerprint density at radius 1 is 1.60 bits per heavy atom. The summed E-state index contributed by atoms with van der Waals surface area (Å²) < 4.78 is 0.747. The van der Waals surface area contributed by atoms with Crippen molar-refractivity contribution in [3.8, 4) is 0 Å². The van der Waals surface area contributed by atoms with Gasteiger partial charge in [0.15, 0.2) is 0 Å². The summed E-state index contributed by atoms with van der Waals surface area (Å²) in [5.41, 5.74) is 5.29. The molecule has 0 aromatic carbocycles. The molecular weight excluding hydrogens is 255 g/mol. The molecule has 0 saturated carbocycles. The molecule has 15 heavy (non-hydrogen) atoms. The summed E-state index contributed by atoms with van der Waals surface area (Å²) in [6.45, 7) is 3.27. The topological polar surface area (TPSA) is 46.3 Å². The van der Waals surface area contributed by atoms with E-state index in [0.29, 0.717) is 13.1 Å². The van der Waals surface area contributed by atoms with Crippen molar-refractivity contribution in [1.29, 1.82) is 0 Å². The molecule has 3 nitrogen and oxygen atoms in total. The minimum atomic E-state index is -0.0305. The molecule has 0 aliphatic rings. The number of nitrogens with two attached hydrogens (primary N) is 1. The first-order valence-corrected chi connectivity index (χ1v) is 5.59. The van der Waals surface area contributed by atoms with Gasteiger partial charge in [-0.3, -0.25) is 4.79 Å². The molecule has 0 fully saturated rings. The van der Waals surface area contributed by atoms with Crippen LogP contribution in [0.3, 0.4) is 0 Å². The number of carbonyl (C=O) groups excluding carboxylic acids is 1. The van der Waals surface area contributed by atoms with Crippen LogP contribution in [-0.2, 0) is 11.3 Å². The molecule has 6 heteroatoms. The average molecular weight is 269 g/mol. The zero-order valence-electron chi connectivity index (χ0n) is 8.40. The molecule has 1 aromatic heterocycles. The lowest BCUT2D eigenvalue weighted by Crippen LogP contribution is -2.35. The molecule has 0 unspecified atom stereocenters. The highest BCUT2D eigenvalue weighted by Crippen LogP contribution is 2.22. The van der Waals surface area contributed by atoms with E-state index >= 15 is 0 Å². The maximum absolute atomic E-state index is 11.3. The van der Waals surface area contributed by atoms with Crippen molar-refractivity contribution in [3.05, 3.63) is 21.3 Å². The van der Waals surface area contributed by atoms with E-state index in [-0.39, 0.29) is 24.9 Å². The van der Waals surface area contributed by atoms with E-state index in [1.165, 1.54) is 11.3 Å². The van der Waals surface area contributed by atoms with Gasteiger partial charge in [0.1, 0.15) is 0 Å². The highest BCUT2D eigenvalue weighted by molar-refractivity contribution is 7.16. The van der Waals surface area contributed by atoms with Gasteiger partial charge in [0, 0.05) is 11.4 Å². The van der Waals surface area contributed by atoms with Gasteiger partial charge in [-0.25, -0.2) is 0 Å². The van der Waals surface area contributed by atoms with E-state index in [9.17, 15) is 4.79 Å². The minimum absolute atomic E-state index is 0. The maximum atomic E-state index is 11.3. The Balaban J connectivity index is 0.00000196. The van der Waals surface area contributed by atoms with Crippen molar-refractivity contribution < 1.29 is 4.79 Å². The van der Waals surface area contributed by atoms with Crippen LogP contribution < -0.4 is 5.73 Å². The van der Waals surface area contributed by atoms with Crippen molar-refractivity contribution >= 4 is 41.3 Å². The van der Waals surface area contributed by atoms with Crippen molar-refractivity contribution in [2.75, 3.05) is 13.1 Å². The molecule has 0 aliphatic heterocycles. The monoisotopic (exact) mass is 268 g/mol. The summed E-state index contributed by atoms with van der Waals surface area (Å²) >= 11 is 7.28. The van der Waals surface area contributed by atoms with Crippen molar-refractivity contribution in [3.63, 3.8) is 0 Å². The van der Waals surface area contributed by atoms with Crippen LogP contribution in [0.4, 0.5) is 0 Å². The second-order valence-corrected chi connectivity index (χ2v) is 4.62. The van der Waals surface area contributed by atoms with Gasteiger partial charge in [0.25, 0.3) is 0 Å². The third-order valence-electron chi connectivity index (χ3n) is 1.88. The molecule has 0 spiro atoms. The van der Waals surface area contributed by atoms with Crippen LogP contribution >= 0.6 is 35.3 Å². The largest absolute Gasteiger partial charge is 0.337 e. The van der Waals surface area contributed by atoms with E-state index in [4.69, 9.17) is 17.3 Å². The van der Waals surface area contributed by atoms with E-state index in [0.717, 1.165) is 9.21 Å². The van der Waals surface area contributed by atoms with E-state index in [1.54, 1.807) is 4.90 Å². The highest BCUT2D eigenvalue weighted by atomic mass is 35.5. The third kappa shape index (κ3) is 4.38. The average Bonchev–Trinajstić information content (AvgIpc) is 2.59. The highest BCUT2D eigenvalue weighted by Gasteiger charge is 2.10. The Bertz CT molecular complexity index is 317. The van der Waals surface area contributed by atoms with Gasteiger partial charge in [-0.2, -0.15) is 0 Å². The van der Waals surface area contributed by atoms with Crippen LogP contribution in [0.5, 0.6) is 0 Å². The molecule has 1 heterocycles. The fourth-order valence-electron chi connectivity index (χ4n) is 1.13. The summed E-state index contributed by atoms with van der Waals surface area (Å²) in [6, 6.07) is 3.77. The van der Waals surface area contributed by atoms with Crippen LogP contribution in [0, 0.1) is 0 Å². The van der Waals surface area contributed by atoms with Crippen molar-refractivity contribution in [1.82, 2.24) is 4.90 Å². The Morgan fingerprint density at radius 2 is 2.27 bits per heavy atom. The first-order valence-electron chi connectivity index (χ1n) is 4.39. The first-order chi connectivity index (χ1) is 6.67. The smallest absolute Gasteiger partial charge is 0.236 e. The molecule has 1 aromatic rings. The van der Waals surface area contributed by atoms with Gasteiger partial charge in [0.2, 0.25) is 5.91 Å². The summed E-state index contributed by atoms with van der Waals surface area (Å²) in [5.74, 6) is -0.0305. The predicted octanol–water partition coefficient (Wildman–Crippen LogP) is 2.13. The number of halogens is 2. The predicted molar refractivity (Wildman–Crippen MR) is 66.7 cm³/mol. The normalized spacial score (nSPS) is 9.53. The van der Waals surface area contributed by atoms with Gasteiger partial charge in [-0.05, 0) is 19.1 Å². The van der Waals surface area contributed by atoms with Gasteiger partial charge in [0.05, 0.1) is 17.4 Å². The number of likely N-dealkylation sites (N-methyl/N-ethyl adjacent to an activating group) is 1. The third-order valence-corrected chi connectivity index (χ3v) is 3.10. The summed E-state index contributed by atoms with van der Waals surface area (Å²) in [7, 11) is 0. The first kappa shape index (κ1) is 14.7. The maximum Gasteiger partial charge on any atom is 0.236 e. The van der Waals surface area contributed by atoms with Crippen molar-refractivity contribution in [2.45, 2.75) is 13.5 Å². The van der Waals surface area contributed by atoms with E-state index in [2.05, 4.69) is 0 Å². The molecule has 0 radical (unpaired) electrons. The number of carbonyl (C=O) groups is 1. The molecular formula is C9H14Cl2N2OS. The van der Waals surface area contributed by atoms with Gasteiger partial charge >= 0.3 is 0 Å². The lowest BCUT2D eigenvalue weighted by molar-refractivity contribution is -0.130. The quantitative estimate of drug-likeness (QED) is 0.910. The molecule has 0 saturated heterocycles. The number of rotatable bonds is 4. The second kappa shape index (κ2) is 7.06. The zero-order valence-corrected chi connectivity index (χ0v) is 10.8. The Labute approximate surface area is 105 Å². The van der Waals surface area contributed by atoms with Crippen LogP contribution in [0.2, 0.25) is 4.34 Å². The zero-order chi connectivity index (χ0) is 10.6. The van der Waals surface area contributed by atoms with Crippen LogP contribution in [0.25, 0.3) is 0 Å². The Kier molecular flexibility index (Phi) is 6.92. The Hall–Kier alpha value is -0.290. The number of nitrogens with zero attached hydrogens (tertiary/aromatic N) is 1. The molecule has 0 bridgehead atoms. The number of thiophene rings is 1. The summed E-state index contributed by atoms with van der Waals surface area (Å²) in [6.07, 6.45) is 0. The lowest BCUT2D eigenvalue weighted by atomic mass is 10.4. The van der Waals surface area contributed by atoms with Crippen LogP contribution in [-0.4, -0.2) is 23.9 Å². The van der Waals surface area contributed by atoms with Gasteiger partial charge < -0.3 is 10.6 Å². The number of hydrogen-bond acceptors (Lipinski definition) is 3. The minimum Gasteiger partial charge on any atom is -0.337 e. The van der Waals surface area contributed by atoms with E-state index in [1.807, 2.05) is 19.1 Å². The molecule has 1 amide bonds. The molecule has 0 aliphatic carbocycles. The molecule has 86 valence electrons. The molecule has 1 rings (SSSR count). The van der Waals surface area contributed by atoms with Crippen LogP contribution in [0.1, 0.15) is 11.8 Å². The Morgan fingerprint density at radius 3 is 2.67 bits per heavy atom. The standard InChI is InChI=1S/C9H13ClN2OS.ClH/c1-2-12(9(13)5-11)6-7-3-4-8(10)14-7;/h3-4H,2,5-6,11H2,1H3;1H. The lowest BCUT2D eigenvalue weighted by Gasteiger charge is -2.18. The van der Waals surface area contributed by atoms with Gasteiger partial charge in [-0.15, -0.1) is 23.7 Å². The SMILES string of the molecule is CCN(Cc1ccc(Cl)s1)C(=O)CN.Cl. The second-order valence-electron chi connectivity index (χ2n) is 2.82. The van der Waals surface area contributed by atoms with E-state index < -0.39 is 0 Å². The number of hydrogen-bond donors (Lipinski definition) is 1. The fraction of sp³-hybridized carbons (Fsp3) is 0.444.